The molecule has 0 radical (unpaired) electrons. The molecular weight excluding hydrogens is 820 g/mol. The summed E-state index contributed by atoms with van der Waals surface area (Å²) in [5.74, 6) is 1.80. The zero-order valence-electron chi connectivity index (χ0n) is 35.3. The topological polar surface area (TPSA) is 36.9 Å². The Hall–Kier alpha value is -4.99. The quantitative estimate of drug-likeness (QED) is 0.173. The molecule has 0 bridgehead atoms. The summed E-state index contributed by atoms with van der Waals surface area (Å²) in [6.45, 7) is 1.76. The summed E-state index contributed by atoms with van der Waals surface area (Å²) >= 11 is 2.16. The molecule has 8 aromatic rings. The van der Waals surface area contributed by atoms with Crippen LogP contribution in [0.4, 0.5) is 0 Å². The summed E-state index contributed by atoms with van der Waals surface area (Å²) in [6, 6.07) is 37.7. The van der Waals surface area contributed by atoms with Crippen molar-refractivity contribution < 1.29 is 32.3 Å². The molecule has 1 aliphatic rings. The van der Waals surface area contributed by atoms with Gasteiger partial charge >= 0.3 is 200 Å². The van der Waals surface area contributed by atoms with E-state index in [1.165, 1.54) is 15.7 Å². The molecule has 0 saturated heterocycles. The number of aryl methyl sites for hydroxylation is 3. The zero-order chi connectivity index (χ0) is 40.7. The van der Waals surface area contributed by atoms with E-state index in [-0.39, 0.29) is 17.0 Å². The first-order valence-electron chi connectivity index (χ1n) is 20.7. The van der Waals surface area contributed by atoms with Crippen LogP contribution in [-0.2, 0) is 38.2 Å². The molecule has 262 valence electrons. The van der Waals surface area contributed by atoms with E-state index in [1.54, 1.807) is 12.3 Å². The molecule has 6 heteroatoms. The van der Waals surface area contributed by atoms with Gasteiger partial charge in [0.15, 0.2) is 0 Å². The van der Waals surface area contributed by atoms with Crippen LogP contribution in [0.15, 0.2) is 121 Å². The van der Waals surface area contributed by atoms with Gasteiger partial charge in [0.1, 0.15) is 0 Å². The minimum atomic E-state index is -2.38. The minimum Gasteiger partial charge on any atom is -0.238 e. The van der Waals surface area contributed by atoms with E-state index in [1.807, 2.05) is 83.4 Å². The summed E-state index contributed by atoms with van der Waals surface area (Å²) in [6.07, 6.45) is 4.46. The SMILES string of the molecule is [2H]C([2H])([2H])c1cc(-n2c3ccccc3c3ccc(Oc4ccc5c(c4)C(n4[c](=[Pt])n(C([2H])([2H])[2H])c6ccccc64)CCC5)cc32)ncc1-c1ccc(C(C)(C)C)cc1. The number of rotatable bonds is 5. The third kappa shape index (κ3) is 5.49. The number of ether oxygens (including phenoxy) is 1. The number of benzene rings is 5. The van der Waals surface area contributed by atoms with Crippen LogP contribution in [0.1, 0.15) is 70.1 Å². The van der Waals surface area contributed by atoms with Gasteiger partial charge in [-0.3, -0.25) is 0 Å². The number of aromatic nitrogens is 4. The monoisotopic (exact) mass is 867 g/mol. The molecule has 52 heavy (non-hydrogen) atoms. The van der Waals surface area contributed by atoms with Crippen molar-refractivity contribution >= 4 is 32.8 Å². The Morgan fingerprint density at radius 2 is 1.52 bits per heavy atom. The molecule has 0 aliphatic heterocycles. The van der Waals surface area contributed by atoms with Crippen LogP contribution in [-0.4, -0.2) is 18.7 Å². The number of hydrogen-bond acceptors (Lipinski definition) is 2. The van der Waals surface area contributed by atoms with Gasteiger partial charge in [0.25, 0.3) is 0 Å². The fraction of sp³-hybridized carbons (Fsp3) is 0.217. The second kappa shape index (κ2) is 12.6. The summed E-state index contributed by atoms with van der Waals surface area (Å²) < 4.78 is 63.7. The molecule has 0 spiro atoms. The minimum absolute atomic E-state index is 0.0293. The average Bonchev–Trinajstić information content (AvgIpc) is 3.68. The number of pyridine rings is 1. The molecule has 0 fully saturated rings. The second-order valence-corrected chi connectivity index (χ2v) is 15.8. The molecule has 3 heterocycles. The number of imidazole rings is 1. The van der Waals surface area contributed by atoms with Gasteiger partial charge < -0.3 is 0 Å². The summed E-state index contributed by atoms with van der Waals surface area (Å²) in [7, 11) is 0. The molecule has 3 aromatic heterocycles. The third-order valence-corrected chi connectivity index (χ3v) is 11.6. The van der Waals surface area contributed by atoms with E-state index < -0.39 is 13.8 Å². The molecule has 0 saturated carbocycles. The molecular formula is C46H42N4OPt. The molecule has 5 aromatic carbocycles. The van der Waals surface area contributed by atoms with Gasteiger partial charge in [-0.1, -0.05) is 63.2 Å². The Labute approximate surface area is 324 Å². The first-order chi connectivity index (χ1) is 27.6. The smallest absolute Gasteiger partial charge is 0.0374 e. The van der Waals surface area contributed by atoms with Crippen molar-refractivity contribution in [2.45, 2.75) is 58.3 Å². The van der Waals surface area contributed by atoms with Gasteiger partial charge in [0, 0.05) is 15.9 Å². The molecule has 9 rings (SSSR count). The summed E-state index contributed by atoms with van der Waals surface area (Å²) in [5.41, 5.74) is 8.40. The molecule has 0 amide bonds. The number of para-hydroxylation sites is 3. The van der Waals surface area contributed by atoms with Gasteiger partial charge in [0.2, 0.25) is 0 Å². The molecule has 1 atom stereocenters. The van der Waals surface area contributed by atoms with E-state index in [9.17, 15) is 0 Å². The van der Waals surface area contributed by atoms with Crippen LogP contribution in [0.25, 0.3) is 49.8 Å². The maximum atomic E-state index is 8.58. The van der Waals surface area contributed by atoms with Crippen LogP contribution in [0, 0.1) is 10.7 Å². The normalized spacial score (nSPS) is 16.9. The van der Waals surface area contributed by atoms with Gasteiger partial charge in [-0.2, -0.15) is 0 Å². The average molecular weight is 868 g/mol. The number of nitrogens with zero attached hydrogens (tertiary/aromatic N) is 4. The molecule has 5 nitrogen and oxygen atoms in total. The summed E-state index contributed by atoms with van der Waals surface area (Å²) in [4.78, 5) is 4.92. The summed E-state index contributed by atoms with van der Waals surface area (Å²) in [5, 5.41) is 2.01. The fourth-order valence-electron chi connectivity index (χ4n) is 7.86. The van der Waals surface area contributed by atoms with Crippen LogP contribution in [0.3, 0.4) is 0 Å². The Morgan fingerprint density at radius 3 is 2.31 bits per heavy atom. The Kier molecular flexibility index (Phi) is 6.48. The van der Waals surface area contributed by atoms with E-state index in [4.69, 9.17) is 17.9 Å². The van der Waals surface area contributed by atoms with E-state index in [2.05, 4.69) is 75.0 Å². The predicted molar refractivity (Wildman–Crippen MR) is 209 cm³/mol. The predicted octanol–water partition coefficient (Wildman–Crippen LogP) is 11.5. The standard InChI is InChI=1S/C46H42N4O.Pt/c1-30-25-45(47-28-39(30)32-17-20-33(21-18-32)46(2,3)4)50-41-13-7-6-12-36(41)37-24-23-35(27-44(37)50)51-34-22-19-31-11-10-16-40(38(31)26-34)49-29-48(5)42-14-8-9-15-43(42)49;/h6-9,12-15,17-28,40H,10-11,16H2,1-5H3;/i1D3,5D3;. The molecule has 1 unspecified atom stereocenters. The van der Waals surface area contributed by atoms with Gasteiger partial charge in [-0.15, -0.1) is 0 Å². The van der Waals surface area contributed by atoms with Crippen LogP contribution >= 0.6 is 0 Å². The maximum Gasteiger partial charge on any atom is 0.0374 e. The van der Waals surface area contributed by atoms with E-state index in [0.29, 0.717) is 32.2 Å². The Balaban J connectivity index is 1.13. The zero-order valence-corrected chi connectivity index (χ0v) is 31.5. The second-order valence-electron chi connectivity index (χ2n) is 14.8. The Bertz CT molecular complexity index is 2950. The van der Waals surface area contributed by atoms with Crippen molar-refractivity contribution in [3.8, 4) is 28.4 Å². The van der Waals surface area contributed by atoms with Crippen molar-refractivity contribution in [3.05, 3.63) is 148 Å². The van der Waals surface area contributed by atoms with E-state index in [0.717, 1.165) is 57.7 Å². The van der Waals surface area contributed by atoms with Crippen molar-refractivity contribution in [3.63, 3.8) is 0 Å². The van der Waals surface area contributed by atoms with Crippen LogP contribution in [0.5, 0.6) is 11.5 Å². The number of fused-ring (bicyclic) bond motifs is 5. The van der Waals surface area contributed by atoms with Crippen LogP contribution in [0.2, 0.25) is 0 Å². The maximum absolute atomic E-state index is 8.58. The molecule has 0 N–H and O–H groups in total. The third-order valence-electron chi connectivity index (χ3n) is 10.5. The van der Waals surface area contributed by atoms with Crippen molar-refractivity contribution in [1.29, 1.82) is 0 Å². The van der Waals surface area contributed by atoms with Crippen molar-refractivity contribution in [2.75, 3.05) is 0 Å². The van der Waals surface area contributed by atoms with Gasteiger partial charge in [-0.25, -0.2) is 4.98 Å². The van der Waals surface area contributed by atoms with E-state index >= 15 is 0 Å². The number of hydrogen-bond donors (Lipinski definition) is 0. The van der Waals surface area contributed by atoms with Crippen molar-refractivity contribution in [1.82, 2.24) is 18.7 Å². The Morgan fingerprint density at radius 1 is 0.788 bits per heavy atom. The van der Waals surface area contributed by atoms with Gasteiger partial charge in [0.05, 0.1) is 0 Å². The first kappa shape index (κ1) is 26.7. The fourth-order valence-corrected chi connectivity index (χ4v) is 8.76. The first-order valence-corrected chi connectivity index (χ1v) is 18.8. The van der Waals surface area contributed by atoms with Crippen LogP contribution < -0.4 is 4.74 Å². The van der Waals surface area contributed by atoms with Gasteiger partial charge in [-0.05, 0) is 41.1 Å². The van der Waals surface area contributed by atoms with Crippen molar-refractivity contribution in [2.24, 2.45) is 6.98 Å². The molecule has 1 aliphatic carbocycles. The largest absolute Gasteiger partial charge is 0.238 e.